The molecule has 0 amide bonds. The second-order valence-electron chi connectivity index (χ2n) is 25.2. The summed E-state index contributed by atoms with van der Waals surface area (Å²) in [6.45, 7) is 38.1. The minimum absolute atomic E-state index is 0.00311. The van der Waals surface area contributed by atoms with Crippen LogP contribution in [-0.4, -0.2) is 6.71 Å². The summed E-state index contributed by atoms with van der Waals surface area (Å²) in [4.78, 5) is 5.42. The van der Waals surface area contributed by atoms with Crippen molar-refractivity contribution in [2.45, 2.75) is 175 Å². The van der Waals surface area contributed by atoms with Crippen LogP contribution in [0.5, 0.6) is 0 Å². The van der Waals surface area contributed by atoms with Gasteiger partial charge in [0.2, 0.25) is 0 Å². The summed E-state index contributed by atoms with van der Waals surface area (Å²) in [5.74, 6) is 1.31. The predicted molar refractivity (Wildman–Crippen MR) is 278 cm³/mol. The second kappa shape index (κ2) is 13.9. The van der Waals surface area contributed by atoms with Crippen molar-refractivity contribution in [1.82, 2.24) is 0 Å². The van der Waals surface area contributed by atoms with Crippen LogP contribution < -0.4 is 25.5 Å². The van der Waals surface area contributed by atoms with Gasteiger partial charge < -0.3 is 9.80 Å². The molecule has 4 heteroatoms. The zero-order chi connectivity index (χ0) is 45.1. The molecule has 1 aromatic heterocycles. The number of benzene rings is 5. The Labute approximate surface area is 384 Å². The van der Waals surface area contributed by atoms with Crippen molar-refractivity contribution in [1.29, 1.82) is 0 Å². The third-order valence-electron chi connectivity index (χ3n) is 15.3. The van der Waals surface area contributed by atoms with E-state index < -0.39 is 0 Å². The molecule has 11 rings (SSSR count). The van der Waals surface area contributed by atoms with Gasteiger partial charge in [-0.2, -0.15) is 0 Å². The maximum absolute atomic E-state index is 2.75. The average molecular weight is 851 g/mol. The van der Waals surface area contributed by atoms with E-state index in [-0.39, 0.29) is 33.8 Å². The monoisotopic (exact) mass is 851 g/mol. The molecule has 2 aliphatic heterocycles. The van der Waals surface area contributed by atoms with Crippen LogP contribution in [0.25, 0.3) is 10.1 Å². The van der Waals surface area contributed by atoms with Crippen molar-refractivity contribution in [2.24, 2.45) is 0 Å². The van der Waals surface area contributed by atoms with Crippen molar-refractivity contribution >= 4 is 78.0 Å². The molecule has 3 heterocycles. The Morgan fingerprint density at radius 3 is 1.52 bits per heavy atom. The molecular formula is C59H71BN2S. The fourth-order valence-electron chi connectivity index (χ4n) is 11.5. The van der Waals surface area contributed by atoms with Gasteiger partial charge in [-0.25, -0.2) is 0 Å². The van der Waals surface area contributed by atoms with Crippen LogP contribution >= 0.6 is 11.3 Å². The third-order valence-corrected chi connectivity index (χ3v) is 16.5. The first kappa shape index (κ1) is 42.7. The van der Waals surface area contributed by atoms with E-state index in [1.54, 1.807) is 11.1 Å². The van der Waals surface area contributed by atoms with Crippen molar-refractivity contribution in [3.63, 3.8) is 0 Å². The van der Waals surface area contributed by atoms with E-state index in [2.05, 4.69) is 211 Å². The van der Waals surface area contributed by atoms with Gasteiger partial charge in [0.15, 0.2) is 0 Å². The molecule has 0 spiro atoms. The Bertz CT molecular complexity index is 2800. The summed E-state index contributed by atoms with van der Waals surface area (Å²) in [6, 6.07) is 32.7. The highest BCUT2D eigenvalue weighted by atomic mass is 32.1. The van der Waals surface area contributed by atoms with Crippen molar-refractivity contribution < 1.29 is 0 Å². The van der Waals surface area contributed by atoms with Gasteiger partial charge in [-0.1, -0.05) is 134 Å². The maximum atomic E-state index is 2.75. The molecule has 1 fully saturated rings. The summed E-state index contributed by atoms with van der Waals surface area (Å²) >= 11 is 2.07. The van der Waals surface area contributed by atoms with Gasteiger partial charge >= 0.3 is 0 Å². The van der Waals surface area contributed by atoms with Gasteiger partial charge in [-0.05, 0) is 175 Å². The molecule has 2 nitrogen and oxygen atoms in total. The fourth-order valence-corrected chi connectivity index (χ4v) is 12.9. The summed E-state index contributed by atoms with van der Waals surface area (Å²) in [7, 11) is 0. The first-order valence-electron chi connectivity index (χ1n) is 24.1. The van der Waals surface area contributed by atoms with Gasteiger partial charge in [0, 0.05) is 43.3 Å². The van der Waals surface area contributed by atoms with Gasteiger partial charge in [0.05, 0.1) is 5.69 Å². The molecule has 5 aliphatic rings. The van der Waals surface area contributed by atoms with Crippen LogP contribution in [0.1, 0.15) is 186 Å². The molecule has 0 atom stereocenters. The molecular weight excluding hydrogens is 780 g/mol. The van der Waals surface area contributed by atoms with Crippen molar-refractivity contribution in [3.8, 4) is 0 Å². The number of anilines is 6. The van der Waals surface area contributed by atoms with Crippen molar-refractivity contribution in [3.05, 3.63) is 123 Å². The number of aryl methyl sites for hydroxylation is 1. The quantitative estimate of drug-likeness (QED) is 0.160. The van der Waals surface area contributed by atoms with E-state index in [1.165, 1.54) is 119 Å². The summed E-state index contributed by atoms with van der Waals surface area (Å²) < 4.78 is 2.90. The highest BCUT2D eigenvalue weighted by Crippen LogP contribution is 2.55. The Balaban J connectivity index is 1.36. The second-order valence-corrected chi connectivity index (χ2v) is 26.3. The topological polar surface area (TPSA) is 6.48 Å². The van der Waals surface area contributed by atoms with Crippen LogP contribution in [0, 0.1) is 6.92 Å². The molecule has 1 saturated carbocycles. The number of hydrogen-bond acceptors (Lipinski definition) is 3. The van der Waals surface area contributed by atoms with Crippen molar-refractivity contribution in [2.75, 3.05) is 9.80 Å². The Kier molecular flexibility index (Phi) is 9.39. The van der Waals surface area contributed by atoms with Gasteiger partial charge in [0.25, 0.3) is 6.71 Å². The van der Waals surface area contributed by atoms with Gasteiger partial charge in [-0.3, -0.25) is 0 Å². The molecule has 0 saturated heterocycles. The number of fused-ring (bicyclic) bond motifs is 8. The van der Waals surface area contributed by atoms with E-state index in [0.717, 1.165) is 0 Å². The summed E-state index contributed by atoms with van der Waals surface area (Å²) in [5.41, 5.74) is 22.5. The van der Waals surface area contributed by atoms with Gasteiger partial charge in [-0.15, -0.1) is 11.3 Å². The maximum Gasteiger partial charge on any atom is 0.264 e. The largest absolute Gasteiger partial charge is 0.311 e. The van der Waals surface area contributed by atoms with Crippen LogP contribution in [0.4, 0.5) is 34.1 Å². The molecule has 0 N–H and O–H groups in total. The lowest BCUT2D eigenvalue weighted by molar-refractivity contribution is 0.359. The highest BCUT2D eigenvalue weighted by Gasteiger charge is 2.48. The van der Waals surface area contributed by atoms with Crippen LogP contribution in [0.15, 0.2) is 78.9 Å². The first-order chi connectivity index (χ1) is 29.3. The smallest absolute Gasteiger partial charge is 0.264 e. The summed E-state index contributed by atoms with van der Waals surface area (Å²) in [6.07, 6.45) is 5.29. The number of rotatable bonds is 2. The first-order valence-corrected chi connectivity index (χ1v) is 24.9. The Morgan fingerprint density at radius 2 is 1.00 bits per heavy atom. The van der Waals surface area contributed by atoms with E-state index in [1.807, 2.05) is 0 Å². The number of thiophene rings is 1. The number of nitrogens with zero attached hydrogens (tertiary/aromatic N) is 2. The zero-order valence-corrected chi connectivity index (χ0v) is 42.2. The SMILES string of the molecule is Cc1cc2c3c(c1)N(c1ccc(C(C)(C)C)cc1)c1c(sc4cc(C(C)(C)C)cc(C(C)(C)C)c14)B3c1cc3c(cc1N2c1cc(C(C)(C)C)cc(C(C)(C)C)c1)C1CCC3CC1. The van der Waals surface area contributed by atoms with Crippen LogP contribution in [0.2, 0.25) is 0 Å². The Hall–Kier alpha value is -4.28. The standard InChI is InChI=1S/C59H71BN2S/c1-34-25-48-52-49(26-34)62(41-23-21-37(22-24-41)55(2,3)4)53-51-45(59(14,15)16)30-40(58(11,12)13)31-50(51)63-54(53)60(52)46-32-43-35-17-19-36(20-18-35)44(43)33-47(46)61(48)42-28-38(56(5,6)7)27-39(29-42)57(8,9)10/h21-33,35-36H,17-20H2,1-16H3. The van der Waals surface area contributed by atoms with E-state index in [4.69, 9.17) is 0 Å². The molecule has 2 bridgehead atoms. The Morgan fingerprint density at radius 1 is 0.492 bits per heavy atom. The van der Waals surface area contributed by atoms with Crippen LogP contribution in [0.3, 0.4) is 0 Å². The molecule has 5 aromatic carbocycles. The normalized spacial score (nSPS) is 18.4. The molecule has 0 unspecified atom stereocenters. The predicted octanol–water partition coefficient (Wildman–Crippen LogP) is 15.5. The minimum Gasteiger partial charge on any atom is -0.311 e. The van der Waals surface area contributed by atoms with E-state index >= 15 is 0 Å². The lowest BCUT2D eigenvalue weighted by atomic mass is 9.35. The molecule has 63 heavy (non-hydrogen) atoms. The summed E-state index contributed by atoms with van der Waals surface area (Å²) in [5, 5.41) is 1.43. The molecule has 326 valence electrons. The van der Waals surface area contributed by atoms with Crippen LogP contribution in [-0.2, 0) is 27.1 Å². The minimum atomic E-state index is -0.0590. The average Bonchev–Trinajstić information content (AvgIpc) is 3.57. The number of hydrogen-bond donors (Lipinski definition) is 0. The fraction of sp³-hybridized carbons (Fsp3) is 0.458. The molecule has 6 aromatic rings. The highest BCUT2D eigenvalue weighted by molar-refractivity contribution is 7.33. The zero-order valence-electron chi connectivity index (χ0n) is 41.4. The lowest BCUT2D eigenvalue weighted by Crippen LogP contribution is -2.60. The lowest BCUT2D eigenvalue weighted by Gasteiger charge is -2.46. The third kappa shape index (κ3) is 6.85. The van der Waals surface area contributed by atoms with E-state index in [9.17, 15) is 0 Å². The molecule has 0 radical (unpaired) electrons. The molecule has 3 aliphatic carbocycles. The van der Waals surface area contributed by atoms with Gasteiger partial charge in [0.1, 0.15) is 0 Å². The van der Waals surface area contributed by atoms with E-state index in [0.29, 0.717) is 11.8 Å².